The predicted octanol–water partition coefficient (Wildman–Crippen LogP) is 1.49. The first-order valence-corrected chi connectivity index (χ1v) is 4.51. The Bertz CT molecular complexity index is 381. The van der Waals surface area contributed by atoms with Crippen LogP contribution in [0.25, 0.3) is 0 Å². The molecule has 0 aliphatic rings. The predicted molar refractivity (Wildman–Crippen MR) is 45.3 cm³/mol. The number of hydrogen-bond acceptors (Lipinski definition) is 4. The van der Waals surface area contributed by atoms with Gasteiger partial charge in [0, 0.05) is 17.0 Å². The van der Waals surface area contributed by atoms with E-state index in [2.05, 4.69) is 0 Å². The van der Waals surface area contributed by atoms with E-state index in [1.807, 2.05) is 0 Å². The summed E-state index contributed by atoms with van der Waals surface area (Å²) >= 11 is 3.00. The summed E-state index contributed by atoms with van der Waals surface area (Å²) in [5.41, 5.74) is -0.237. The molecule has 0 heterocycles. The summed E-state index contributed by atoms with van der Waals surface area (Å²) in [4.78, 5) is 9.43. The Hall–Kier alpha value is -0.980. The zero-order valence-corrected chi connectivity index (χ0v) is 7.67. The van der Waals surface area contributed by atoms with Crippen molar-refractivity contribution in [3.8, 4) is 0 Å². The highest BCUT2D eigenvalue weighted by Crippen LogP contribution is 2.24. The van der Waals surface area contributed by atoms with E-state index in [9.17, 15) is 18.9 Å². The fourth-order valence-electron chi connectivity index (χ4n) is 0.738. The van der Waals surface area contributed by atoms with Crippen molar-refractivity contribution in [3.05, 3.63) is 33.3 Å². The smallest absolute Gasteiger partial charge is 0.270 e. The molecule has 13 heavy (non-hydrogen) atoms. The molecule has 1 aromatic rings. The highest BCUT2D eigenvalue weighted by molar-refractivity contribution is 7.79. The van der Waals surface area contributed by atoms with Gasteiger partial charge in [-0.05, 0) is 17.1 Å². The average Bonchev–Trinajstić information content (AvgIpc) is 2.03. The number of hydrogen-bond donors (Lipinski definition) is 0. The van der Waals surface area contributed by atoms with Crippen molar-refractivity contribution in [3.63, 3.8) is 0 Å². The summed E-state index contributed by atoms with van der Waals surface area (Å²) in [6, 6.07) is 3.16. The second-order valence-electron chi connectivity index (χ2n) is 2.11. The maximum absolute atomic E-state index is 10.4. The molecule has 0 bridgehead atoms. The van der Waals surface area contributed by atoms with Crippen molar-refractivity contribution in [2.45, 2.75) is 4.90 Å². The molecule has 0 saturated heterocycles. The first kappa shape index (κ1) is 10.1. The summed E-state index contributed by atoms with van der Waals surface area (Å²) in [6.07, 6.45) is 0. The van der Waals surface area contributed by atoms with Crippen LogP contribution in [0.2, 0.25) is 5.02 Å². The van der Waals surface area contributed by atoms with E-state index in [1.165, 1.54) is 0 Å². The SMILES string of the molecule is O=[N+]([O-])c1ccc(S(=O)[O-])c(Cl)c1. The minimum atomic E-state index is -2.47. The number of halogens is 1. The van der Waals surface area contributed by atoms with Gasteiger partial charge in [0.2, 0.25) is 0 Å². The normalized spacial score (nSPS) is 12.5. The lowest BCUT2D eigenvalue weighted by molar-refractivity contribution is -0.384. The summed E-state index contributed by atoms with van der Waals surface area (Å²) in [6.45, 7) is 0. The molecule has 1 atom stereocenters. The molecule has 0 spiro atoms. The highest BCUT2D eigenvalue weighted by Gasteiger charge is 2.09. The second kappa shape index (κ2) is 3.82. The molecule has 0 saturated carbocycles. The third-order valence-corrected chi connectivity index (χ3v) is 2.45. The standard InChI is InChI=1S/C6H4ClNO4S/c7-5-3-4(8(9)10)1-2-6(5)13(11)12/h1-3H,(H,11,12)/p-1. The third-order valence-electron chi connectivity index (χ3n) is 1.31. The van der Waals surface area contributed by atoms with E-state index in [0.29, 0.717) is 0 Å². The third kappa shape index (κ3) is 2.24. The number of nitro groups is 1. The lowest BCUT2D eigenvalue weighted by atomic mass is 10.3. The van der Waals surface area contributed by atoms with Crippen LogP contribution in [0.5, 0.6) is 0 Å². The molecule has 0 aliphatic heterocycles. The van der Waals surface area contributed by atoms with Gasteiger partial charge in [-0.3, -0.25) is 14.3 Å². The van der Waals surface area contributed by atoms with Gasteiger partial charge in [0.15, 0.2) is 0 Å². The van der Waals surface area contributed by atoms with Crippen molar-refractivity contribution >= 4 is 28.4 Å². The Labute approximate surface area is 80.8 Å². The van der Waals surface area contributed by atoms with E-state index in [-0.39, 0.29) is 15.6 Å². The first-order chi connectivity index (χ1) is 6.02. The van der Waals surface area contributed by atoms with Crippen LogP contribution in [0, 0.1) is 10.1 Å². The van der Waals surface area contributed by atoms with Gasteiger partial charge in [0.25, 0.3) is 5.69 Å². The molecule has 7 heteroatoms. The molecule has 0 aromatic heterocycles. The molecule has 0 aliphatic carbocycles. The number of non-ortho nitro benzene ring substituents is 1. The molecule has 70 valence electrons. The summed E-state index contributed by atoms with van der Waals surface area (Å²) in [5.74, 6) is 0. The number of nitro benzene ring substituents is 1. The van der Waals surface area contributed by atoms with Crippen LogP contribution in [0.4, 0.5) is 5.69 Å². The summed E-state index contributed by atoms with van der Waals surface area (Å²) in [7, 11) is 0. The molecule has 0 radical (unpaired) electrons. The largest absolute Gasteiger partial charge is 0.768 e. The lowest BCUT2D eigenvalue weighted by Crippen LogP contribution is -1.92. The van der Waals surface area contributed by atoms with Gasteiger partial charge in [-0.25, -0.2) is 0 Å². The number of nitrogens with zero attached hydrogens (tertiary/aromatic N) is 1. The van der Waals surface area contributed by atoms with Crippen LogP contribution in [-0.4, -0.2) is 13.7 Å². The van der Waals surface area contributed by atoms with Gasteiger partial charge in [-0.1, -0.05) is 11.6 Å². The lowest BCUT2D eigenvalue weighted by Gasteiger charge is -2.05. The van der Waals surface area contributed by atoms with Crippen LogP contribution >= 0.6 is 11.6 Å². The summed E-state index contributed by atoms with van der Waals surface area (Å²) < 4.78 is 20.9. The Morgan fingerprint density at radius 3 is 2.46 bits per heavy atom. The average molecular weight is 221 g/mol. The van der Waals surface area contributed by atoms with Crippen molar-refractivity contribution < 1.29 is 13.7 Å². The Balaban J connectivity index is 3.20. The monoisotopic (exact) mass is 220 g/mol. The zero-order chi connectivity index (χ0) is 10.0. The van der Waals surface area contributed by atoms with Crippen LogP contribution in [-0.2, 0) is 11.1 Å². The molecular weight excluding hydrogens is 218 g/mol. The van der Waals surface area contributed by atoms with Crippen LogP contribution in [0.3, 0.4) is 0 Å². The fraction of sp³-hybridized carbons (Fsp3) is 0. The van der Waals surface area contributed by atoms with E-state index in [0.717, 1.165) is 18.2 Å². The molecular formula is C6H3ClNO4S-. The van der Waals surface area contributed by atoms with Gasteiger partial charge in [-0.2, -0.15) is 0 Å². The number of rotatable bonds is 2. The molecule has 0 amide bonds. The second-order valence-corrected chi connectivity index (χ2v) is 3.42. The highest BCUT2D eigenvalue weighted by atomic mass is 35.5. The van der Waals surface area contributed by atoms with Gasteiger partial charge >= 0.3 is 0 Å². The Morgan fingerprint density at radius 2 is 2.08 bits per heavy atom. The Morgan fingerprint density at radius 1 is 1.46 bits per heavy atom. The molecule has 0 N–H and O–H groups in total. The molecule has 1 unspecified atom stereocenters. The van der Waals surface area contributed by atoms with Gasteiger partial charge in [-0.15, -0.1) is 0 Å². The van der Waals surface area contributed by atoms with E-state index < -0.39 is 16.0 Å². The minimum absolute atomic E-state index is 0.146. The van der Waals surface area contributed by atoms with Crippen LogP contribution < -0.4 is 0 Å². The van der Waals surface area contributed by atoms with E-state index >= 15 is 0 Å². The fourth-order valence-corrected chi connectivity index (χ4v) is 1.50. The van der Waals surface area contributed by atoms with E-state index in [4.69, 9.17) is 11.6 Å². The first-order valence-electron chi connectivity index (χ1n) is 3.05. The van der Waals surface area contributed by atoms with Crippen molar-refractivity contribution in [1.29, 1.82) is 0 Å². The molecule has 0 fully saturated rings. The quantitative estimate of drug-likeness (QED) is 0.429. The van der Waals surface area contributed by atoms with Gasteiger partial charge in [0.1, 0.15) is 0 Å². The topological polar surface area (TPSA) is 83.3 Å². The molecule has 5 nitrogen and oxygen atoms in total. The van der Waals surface area contributed by atoms with Crippen LogP contribution in [0.1, 0.15) is 0 Å². The molecule has 1 aromatic carbocycles. The van der Waals surface area contributed by atoms with Crippen LogP contribution in [0.15, 0.2) is 23.1 Å². The maximum atomic E-state index is 10.4. The van der Waals surface area contributed by atoms with Gasteiger partial charge in [0.05, 0.1) is 9.95 Å². The zero-order valence-electron chi connectivity index (χ0n) is 6.10. The van der Waals surface area contributed by atoms with Gasteiger partial charge < -0.3 is 4.55 Å². The van der Waals surface area contributed by atoms with E-state index in [1.54, 1.807) is 0 Å². The van der Waals surface area contributed by atoms with Crippen molar-refractivity contribution in [2.75, 3.05) is 0 Å². The number of benzene rings is 1. The Kier molecular flexibility index (Phi) is 2.97. The van der Waals surface area contributed by atoms with Crippen molar-refractivity contribution in [2.24, 2.45) is 0 Å². The minimum Gasteiger partial charge on any atom is -0.768 e. The van der Waals surface area contributed by atoms with Crippen molar-refractivity contribution in [1.82, 2.24) is 0 Å². The maximum Gasteiger partial charge on any atom is 0.270 e. The molecule has 1 rings (SSSR count). The summed E-state index contributed by atoms with van der Waals surface area (Å²) in [5, 5.41) is 10.1.